The van der Waals surface area contributed by atoms with Gasteiger partial charge in [-0.15, -0.1) is 0 Å². The fraction of sp³-hybridized carbons (Fsp3) is 0.647. The summed E-state index contributed by atoms with van der Waals surface area (Å²) in [6, 6.07) is 6.81. The lowest BCUT2D eigenvalue weighted by atomic mass is 9.95. The monoisotopic (exact) mass is 247 g/mol. The molecule has 0 aliphatic rings. The maximum Gasteiger partial charge on any atom is 0.0297 e. The van der Waals surface area contributed by atoms with Crippen molar-refractivity contribution in [3.8, 4) is 0 Å². The number of rotatable bonds is 8. The zero-order valence-corrected chi connectivity index (χ0v) is 12.3. The minimum absolute atomic E-state index is 0.219. The second-order valence-corrected chi connectivity index (χ2v) is 5.52. The molecule has 0 aliphatic carbocycles. The molecule has 0 saturated heterocycles. The van der Waals surface area contributed by atoms with E-state index in [1.807, 2.05) is 0 Å². The number of unbranched alkanes of at least 4 members (excludes halogenated alkanes) is 5. The predicted molar refractivity (Wildman–Crippen MR) is 80.8 cm³/mol. The summed E-state index contributed by atoms with van der Waals surface area (Å²) in [6.07, 6.45) is 9.17. The normalized spacial score (nSPS) is 12.7. The second-order valence-electron chi connectivity index (χ2n) is 5.52. The van der Waals surface area contributed by atoms with Gasteiger partial charge in [0.25, 0.3) is 0 Å². The second kappa shape index (κ2) is 8.31. The number of aryl methyl sites for hydroxylation is 2. The highest BCUT2D eigenvalue weighted by Gasteiger charge is 2.08. The van der Waals surface area contributed by atoms with Crippen LogP contribution >= 0.6 is 0 Å². The summed E-state index contributed by atoms with van der Waals surface area (Å²) in [7, 11) is 0. The van der Waals surface area contributed by atoms with Gasteiger partial charge in [0.15, 0.2) is 0 Å². The Morgan fingerprint density at radius 3 is 2.39 bits per heavy atom. The van der Waals surface area contributed by atoms with Crippen molar-refractivity contribution in [1.82, 2.24) is 0 Å². The molecule has 0 amide bonds. The first-order chi connectivity index (χ1) is 8.65. The third-order valence-electron chi connectivity index (χ3n) is 3.70. The number of benzene rings is 1. The van der Waals surface area contributed by atoms with Crippen LogP contribution < -0.4 is 5.73 Å². The van der Waals surface area contributed by atoms with Crippen molar-refractivity contribution in [2.24, 2.45) is 5.73 Å². The van der Waals surface area contributed by atoms with Crippen molar-refractivity contribution in [2.75, 3.05) is 0 Å². The first-order valence-electron chi connectivity index (χ1n) is 7.48. The average molecular weight is 247 g/mol. The van der Waals surface area contributed by atoms with Crippen LogP contribution in [-0.4, -0.2) is 0 Å². The van der Waals surface area contributed by atoms with E-state index in [0.717, 1.165) is 6.42 Å². The summed E-state index contributed by atoms with van der Waals surface area (Å²) in [5.74, 6) is 0. The van der Waals surface area contributed by atoms with Crippen molar-refractivity contribution < 1.29 is 0 Å². The largest absolute Gasteiger partial charge is 0.324 e. The van der Waals surface area contributed by atoms with Crippen LogP contribution in [0.4, 0.5) is 0 Å². The lowest BCUT2D eigenvalue weighted by Gasteiger charge is -2.15. The van der Waals surface area contributed by atoms with Gasteiger partial charge < -0.3 is 5.73 Å². The van der Waals surface area contributed by atoms with Gasteiger partial charge in [-0.3, -0.25) is 0 Å². The van der Waals surface area contributed by atoms with Crippen molar-refractivity contribution in [3.05, 3.63) is 34.9 Å². The predicted octanol–water partition coefficient (Wildman–Crippen LogP) is 5.05. The van der Waals surface area contributed by atoms with E-state index in [1.165, 1.54) is 55.2 Å². The van der Waals surface area contributed by atoms with Gasteiger partial charge in [-0.2, -0.15) is 0 Å². The smallest absolute Gasteiger partial charge is 0.0297 e. The van der Waals surface area contributed by atoms with Gasteiger partial charge in [-0.1, -0.05) is 69.2 Å². The molecule has 0 aromatic heterocycles. The van der Waals surface area contributed by atoms with Crippen LogP contribution in [0.3, 0.4) is 0 Å². The van der Waals surface area contributed by atoms with Crippen molar-refractivity contribution in [1.29, 1.82) is 0 Å². The minimum Gasteiger partial charge on any atom is -0.324 e. The maximum absolute atomic E-state index is 6.31. The molecule has 1 unspecified atom stereocenters. The average Bonchev–Trinajstić information content (AvgIpc) is 2.36. The lowest BCUT2D eigenvalue weighted by Crippen LogP contribution is -2.11. The molecular formula is C17H29N. The van der Waals surface area contributed by atoms with Gasteiger partial charge >= 0.3 is 0 Å². The molecule has 2 N–H and O–H groups in total. The van der Waals surface area contributed by atoms with E-state index >= 15 is 0 Å². The van der Waals surface area contributed by atoms with Gasteiger partial charge in [0.2, 0.25) is 0 Å². The molecule has 1 atom stereocenters. The van der Waals surface area contributed by atoms with E-state index in [9.17, 15) is 0 Å². The van der Waals surface area contributed by atoms with E-state index in [-0.39, 0.29) is 6.04 Å². The van der Waals surface area contributed by atoms with Crippen molar-refractivity contribution >= 4 is 0 Å². The zero-order chi connectivity index (χ0) is 13.4. The Morgan fingerprint density at radius 1 is 1.00 bits per heavy atom. The van der Waals surface area contributed by atoms with E-state index in [1.54, 1.807) is 0 Å². The lowest BCUT2D eigenvalue weighted by molar-refractivity contribution is 0.546. The molecule has 0 spiro atoms. The Bertz CT molecular complexity index is 343. The summed E-state index contributed by atoms with van der Waals surface area (Å²) in [6.45, 7) is 6.56. The molecule has 0 heterocycles. The van der Waals surface area contributed by atoms with Gasteiger partial charge in [0.1, 0.15) is 0 Å². The quantitative estimate of drug-likeness (QED) is 0.639. The topological polar surface area (TPSA) is 26.0 Å². The van der Waals surface area contributed by atoms with Gasteiger partial charge in [0.05, 0.1) is 0 Å². The summed E-state index contributed by atoms with van der Waals surface area (Å²) in [4.78, 5) is 0. The molecule has 18 heavy (non-hydrogen) atoms. The SMILES string of the molecule is CCCCCCCCC(N)c1cc(C)ccc1C. The summed E-state index contributed by atoms with van der Waals surface area (Å²) in [5.41, 5.74) is 10.3. The molecule has 0 fully saturated rings. The third kappa shape index (κ3) is 5.22. The maximum atomic E-state index is 6.31. The van der Waals surface area contributed by atoms with Crippen LogP contribution in [0.1, 0.15) is 74.6 Å². The first kappa shape index (κ1) is 15.2. The molecule has 1 rings (SSSR count). The third-order valence-corrected chi connectivity index (χ3v) is 3.70. The molecule has 1 nitrogen and oxygen atoms in total. The molecule has 0 aliphatic heterocycles. The molecule has 0 radical (unpaired) electrons. The summed E-state index contributed by atoms with van der Waals surface area (Å²) in [5, 5.41) is 0. The summed E-state index contributed by atoms with van der Waals surface area (Å²) >= 11 is 0. The zero-order valence-electron chi connectivity index (χ0n) is 12.3. The highest BCUT2D eigenvalue weighted by Crippen LogP contribution is 2.22. The number of nitrogens with two attached hydrogens (primary N) is 1. The van der Waals surface area contributed by atoms with Gasteiger partial charge in [-0.25, -0.2) is 0 Å². The van der Waals surface area contributed by atoms with Crippen LogP contribution in [0, 0.1) is 13.8 Å². The van der Waals surface area contributed by atoms with Crippen LogP contribution in [0.2, 0.25) is 0 Å². The molecule has 0 saturated carbocycles. The highest BCUT2D eigenvalue weighted by atomic mass is 14.6. The first-order valence-corrected chi connectivity index (χ1v) is 7.48. The summed E-state index contributed by atoms with van der Waals surface area (Å²) < 4.78 is 0. The van der Waals surface area contributed by atoms with E-state index in [2.05, 4.69) is 39.0 Å². The highest BCUT2D eigenvalue weighted by molar-refractivity contribution is 5.32. The number of hydrogen-bond donors (Lipinski definition) is 1. The fourth-order valence-electron chi connectivity index (χ4n) is 2.46. The molecule has 1 aromatic carbocycles. The number of hydrogen-bond acceptors (Lipinski definition) is 1. The Hall–Kier alpha value is -0.820. The Balaban J connectivity index is 2.31. The van der Waals surface area contributed by atoms with Crippen LogP contribution in [0.5, 0.6) is 0 Å². The van der Waals surface area contributed by atoms with Crippen LogP contribution in [0.15, 0.2) is 18.2 Å². The standard InChI is InChI=1S/C17H29N/c1-4-5-6-7-8-9-10-17(18)16-13-14(2)11-12-15(16)3/h11-13,17H,4-10,18H2,1-3H3. The molecule has 1 heteroatoms. The van der Waals surface area contributed by atoms with E-state index in [4.69, 9.17) is 5.73 Å². The van der Waals surface area contributed by atoms with E-state index in [0.29, 0.717) is 0 Å². The molecule has 0 bridgehead atoms. The van der Waals surface area contributed by atoms with Crippen LogP contribution in [0.25, 0.3) is 0 Å². The fourth-order valence-corrected chi connectivity index (χ4v) is 2.46. The van der Waals surface area contributed by atoms with Gasteiger partial charge in [0, 0.05) is 6.04 Å². The Morgan fingerprint density at radius 2 is 1.67 bits per heavy atom. The molecule has 1 aromatic rings. The van der Waals surface area contributed by atoms with Crippen LogP contribution in [-0.2, 0) is 0 Å². The van der Waals surface area contributed by atoms with Crippen molar-refractivity contribution in [2.45, 2.75) is 71.8 Å². The Kier molecular flexibility index (Phi) is 7.04. The van der Waals surface area contributed by atoms with Crippen molar-refractivity contribution in [3.63, 3.8) is 0 Å². The molecular weight excluding hydrogens is 218 g/mol. The van der Waals surface area contributed by atoms with Gasteiger partial charge in [-0.05, 0) is 31.4 Å². The molecule has 102 valence electrons. The van der Waals surface area contributed by atoms with E-state index < -0.39 is 0 Å². The Labute approximate surface area is 113 Å². The minimum atomic E-state index is 0.219.